The molecule has 1 aromatic carbocycles. The Bertz CT molecular complexity index is 395. The lowest BCUT2D eigenvalue weighted by Crippen LogP contribution is -2.37. The molecule has 19 heavy (non-hydrogen) atoms. The second kappa shape index (κ2) is 8.15. The van der Waals surface area contributed by atoms with Crippen molar-refractivity contribution in [2.45, 2.75) is 25.9 Å². The minimum atomic E-state index is -0.645. The van der Waals surface area contributed by atoms with Crippen LogP contribution in [0.25, 0.3) is 0 Å². The van der Waals surface area contributed by atoms with E-state index in [-0.39, 0.29) is 12.5 Å². The number of aliphatic hydroxyl groups is 1. The van der Waals surface area contributed by atoms with Gasteiger partial charge in [0.05, 0.1) is 12.6 Å². The van der Waals surface area contributed by atoms with Crippen LogP contribution < -0.4 is 5.73 Å². The number of primary amides is 1. The number of nitrogens with two attached hydrogens (primary N) is 1. The van der Waals surface area contributed by atoms with Crippen LogP contribution in [0.1, 0.15) is 31.4 Å². The first-order valence-electron chi connectivity index (χ1n) is 6.47. The summed E-state index contributed by atoms with van der Waals surface area (Å²) < 4.78 is 0. The van der Waals surface area contributed by atoms with Gasteiger partial charge < -0.3 is 10.8 Å². The molecule has 0 aliphatic heterocycles. The lowest BCUT2D eigenvalue weighted by atomic mass is 10.1. The number of hydrogen-bond acceptors (Lipinski definition) is 3. The second-order valence-corrected chi connectivity index (χ2v) is 5.06. The Kier molecular flexibility index (Phi) is 6.84. The van der Waals surface area contributed by atoms with E-state index in [9.17, 15) is 9.90 Å². The fourth-order valence-electron chi connectivity index (χ4n) is 1.87. The number of amides is 1. The van der Waals surface area contributed by atoms with Crippen molar-refractivity contribution < 1.29 is 9.90 Å². The Balaban J connectivity index is 2.60. The predicted molar refractivity (Wildman–Crippen MR) is 77.0 cm³/mol. The highest BCUT2D eigenvalue weighted by Crippen LogP contribution is 2.17. The first-order chi connectivity index (χ1) is 9.02. The van der Waals surface area contributed by atoms with Gasteiger partial charge in [-0.2, -0.15) is 0 Å². The number of hydrogen-bond donors (Lipinski definition) is 2. The minimum absolute atomic E-state index is 0.171. The van der Waals surface area contributed by atoms with Crippen LogP contribution in [-0.4, -0.2) is 35.5 Å². The van der Waals surface area contributed by atoms with Gasteiger partial charge in [0.1, 0.15) is 0 Å². The number of halogens is 1. The Morgan fingerprint density at radius 2 is 2.05 bits per heavy atom. The lowest BCUT2D eigenvalue weighted by molar-refractivity contribution is -0.119. The highest BCUT2D eigenvalue weighted by atomic mass is 35.5. The van der Waals surface area contributed by atoms with E-state index in [0.717, 1.165) is 24.9 Å². The molecule has 0 aliphatic rings. The fourth-order valence-corrected chi connectivity index (χ4v) is 2.00. The molecular formula is C14H21ClN2O2. The topological polar surface area (TPSA) is 66.6 Å². The molecule has 0 bridgehead atoms. The molecule has 1 unspecified atom stereocenters. The number of unbranched alkanes of at least 4 members (excludes halogenated alkanes) is 1. The molecule has 0 heterocycles. The highest BCUT2D eigenvalue weighted by Gasteiger charge is 2.14. The van der Waals surface area contributed by atoms with E-state index < -0.39 is 6.10 Å². The summed E-state index contributed by atoms with van der Waals surface area (Å²) in [7, 11) is 0. The average molecular weight is 285 g/mol. The summed E-state index contributed by atoms with van der Waals surface area (Å²) in [4.78, 5) is 12.9. The van der Waals surface area contributed by atoms with Crippen molar-refractivity contribution in [1.29, 1.82) is 0 Å². The van der Waals surface area contributed by atoms with Crippen molar-refractivity contribution in [2.24, 2.45) is 5.73 Å². The van der Waals surface area contributed by atoms with E-state index in [0.29, 0.717) is 11.6 Å². The number of rotatable bonds is 8. The third-order valence-electron chi connectivity index (χ3n) is 2.89. The molecule has 3 N–H and O–H groups in total. The highest BCUT2D eigenvalue weighted by molar-refractivity contribution is 6.30. The van der Waals surface area contributed by atoms with Gasteiger partial charge in [0.2, 0.25) is 5.91 Å². The van der Waals surface area contributed by atoms with Crippen molar-refractivity contribution in [1.82, 2.24) is 4.90 Å². The zero-order chi connectivity index (χ0) is 14.3. The van der Waals surface area contributed by atoms with Crippen molar-refractivity contribution in [3.63, 3.8) is 0 Å². The van der Waals surface area contributed by atoms with Gasteiger partial charge in [0.25, 0.3) is 0 Å². The standard InChI is InChI=1S/C14H21ClN2O2/c1-2-3-8-17(10-14(16)19)9-13(18)11-4-6-12(15)7-5-11/h4-7,13,18H,2-3,8-10H2,1H3,(H2,16,19). The summed E-state index contributed by atoms with van der Waals surface area (Å²) in [5.74, 6) is -0.376. The molecule has 0 aliphatic carbocycles. The van der Waals surface area contributed by atoms with Crippen molar-refractivity contribution in [3.8, 4) is 0 Å². The average Bonchev–Trinajstić information content (AvgIpc) is 2.36. The number of carbonyl (C=O) groups excluding carboxylic acids is 1. The van der Waals surface area contributed by atoms with Crippen LogP contribution in [0.2, 0.25) is 5.02 Å². The Morgan fingerprint density at radius 3 is 2.58 bits per heavy atom. The van der Waals surface area contributed by atoms with Gasteiger partial charge in [0.15, 0.2) is 0 Å². The van der Waals surface area contributed by atoms with E-state index in [1.165, 1.54) is 0 Å². The molecular weight excluding hydrogens is 264 g/mol. The SMILES string of the molecule is CCCCN(CC(N)=O)CC(O)c1ccc(Cl)cc1. The van der Waals surface area contributed by atoms with Crippen molar-refractivity contribution in [3.05, 3.63) is 34.9 Å². The molecule has 0 fully saturated rings. The van der Waals surface area contributed by atoms with Crippen LogP contribution in [0.5, 0.6) is 0 Å². The van der Waals surface area contributed by atoms with E-state index in [2.05, 4.69) is 6.92 Å². The van der Waals surface area contributed by atoms with Crippen LogP contribution in [0.4, 0.5) is 0 Å². The first kappa shape index (κ1) is 16.0. The largest absolute Gasteiger partial charge is 0.387 e. The molecule has 4 nitrogen and oxygen atoms in total. The summed E-state index contributed by atoms with van der Waals surface area (Å²) in [6, 6.07) is 7.06. The van der Waals surface area contributed by atoms with Crippen LogP contribution >= 0.6 is 11.6 Å². The van der Waals surface area contributed by atoms with Gasteiger partial charge in [-0.25, -0.2) is 0 Å². The van der Waals surface area contributed by atoms with E-state index in [1.807, 2.05) is 4.90 Å². The molecule has 0 saturated heterocycles. The number of nitrogens with zero attached hydrogens (tertiary/aromatic N) is 1. The van der Waals surface area contributed by atoms with Crippen LogP contribution in [-0.2, 0) is 4.79 Å². The van der Waals surface area contributed by atoms with Gasteiger partial charge in [0, 0.05) is 11.6 Å². The van der Waals surface area contributed by atoms with Crippen LogP contribution in [0.15, 0.2) is 24.3 Å². The summed E-state index contributed by atoms with van der Waals surface area (Å²) in [6.45, 7) is 3.40. The number of carbonyl (C=O) groups is 1. The maximum atomic E-state index is 11.0. The number of aliphatic hydroxyl groups excluding tert-OH is 1. The summed E-state index contributed by atoms with van der Waals surface area (Å²) in [6.07, 6.45) is 1.36. The predicted octanol–water partition coefficient (Wildman–Crippen LogP) is 1.96. The zero-order valence-corrected chi connectivity index (χ0v) is 11.9. The molecule has 5 heteroatoms. The Hall–Kier alpha value is -1.10. The van der Waals surface area contributed by atoms with Gasteiger partial charge in [-0.1, -0.05) is 37.1 Å². The van der Waals surface area contributed by atoms with Crippen LogP contribution in [0, 0.1) is 0 Å². The quantitative estimate of drug-likeness (QED) is 0.767. The lowest BCUT2D eigenvalue weighted by Gasteiger charge is -2.23. The van der Waals surface area contributed by atoms with Crippen LogP contribution in [0.3, 0.4) is 0 Å². The molecule has 106 valence electrons. The monoisotopic (exact) mass is 284 g/mol. The molecule has 0 spiro atoms. The van der Waals surface area contributed by atoms with E-state index >= 15 is 0 Å². The smallest absolute Gasteiger partial charge is 0.231 e. The third-order valence-corrected chi connectivity index (χ3v) is 3.15. The number of benzene rings is 1. The van der Waals surface area contributed by atoms with Gasteiger partial charge >= 0.3 is 0 Å². The van der Waals surface area contributed by atoms with Gasteiger partial charge in [-0.05, 0) is 30.7 Å². The molecule has 0 saturated carbocycles. The second-order valence-electron chi connectivity index (χ2n) is 4.62. The molecule has 1 atom stereocenters. The normalized spacial score (nSPS) is 12.6. The van der Waals surface area contributed by atoms with E-state index in [1.54, 1.807) is 24.3 Å². The van der Waals surface area contributed by atoms with Crippen molar-refractivity contribution >= 4 is 17.5 Å². The fraction of sp³-hybridized carbons (Fsp3) is 0.500. The minimum Gasteiger partial charge on any atom is -0.387 e. The van der Waals surface area contributed by atoms with Gasteiger partial charge in [-0.15, -0.1) is 0 Å². The van der Waals surface area contributed by atoms with Gasteiger partial charge in [-0.3, -0.25) is 9.69 Å². The molecule has 0 aromatic heterocycles. The Morgan fingerprint density at radius 1 is 1.42 bits per heavy atom. The summed E-state index contributed by atoms with van der Waals surface area (Å²) >= 11 is 5.81. The molecule has 1 aromatic rings. The maximum absolute atomic E-state index is 11.0. The first-order valence-corrected chi connectivity index (χ1v) is 6.85. The summed E-state index contributed by atoms with van der Waals surface area (Å²) in [5.41, 5.74) is 6.01. The van der Waals surface area contributed by atoms with E-state index in [4.69, 9.17) is 17.3 Å². The molecule has 1 rings (SSSR count). The maximum Gasteiger partial charge on any atom is 0.231 e. The summed E-state index contributed by atoms with van der Waals surface area (Å²) in [5, 5.41) is 10.8. The van der Waals surface area contributed by atoms with Crippen molar-refractivity contribution in [2.75, 3.05) is 19.6 Å². The third kappa shape index (κ3) is 6.05. The Labute approximate surface area is 119 Å². The zero-order valence-electron chi connectivity index (χ0n) is 11.2. The molecule has 0 radical (unpaired) electrons. The molecule has 1 amide bonds.